The maximum Gasteiger partial charge on any atom is 0.345 e. The predicted molar refractivity (Wildman–Crippen MR) is 127 cm³/mol. The largest absolute Gasteiger partial charge is 0.477 e. The van der Waals surface area contributed by atoms with Crippen LogP contribution in [0.15, 0.2) is 42.0 Å². The number of rotatable bonds is 12. The molecule has 0 spiro atoms. The molecule has 4 nitrogen and oxygen atoms in total. The van der Waals surface area contributed by atoms with Gasteiger partial charge in [0.2, 0.25) is 0 Å². The van der Waals surface area contributed by atoms with Crippen LogP contribution in [0.5, 0.6) is 0 Å². The molecular weight excluding hydrogens is 408 g/mol. The molecule has 1 aliphatic rings. The number of unbranched alkanes of at least 4 members (excludes halogenated alkanes) is 1. The number of thiophene rings is 1. The van der Waals surface area contributed by atoms with E-state index in [1.807, 2.05) is 6.07 Å². The SMILES string of the molecule is CCCCC(O)Cc1ccc(C2=C(CO)CC[C@@H]2CCCc2ccc(C(=O)O)s2)cc1. The van der Waals surface area contributed by atoms with Crippen LogP contribution in [-0.4, -0.2) is 34.0 Å². The Bertz CT molecular complexity index is 881. The molecule has 3 N–H and O–H groups in total. The molecule has 3 rings (SSSR count). The Morgan fingerprint density at radius 3 is 2.58 bits per heavy atom. The molecule has 1 heterocycles. The van der Waals surface area contributed by atoms with E-state index in [-0.39, 0.29) is 12.7 Å². The van der Waals surface area contributed by atoms with Crippen LogP contribution in [0.2, 0.25) is 0 Å². The smallest absolute Gasteiger partial charge is 0.345 e. The Morgan fingerprint density at radius 1 is 1.16 bits per heavy atom. The van der Waals surface area contributed by atoms with E-state index in [4.69, 9.17) is 5.11 Å². The lowest BCUT2D eigenvalue weighted by atomic mass is 9.88. The van der Waals surface area contributed by atoms with Crippen LogP contribution in [0.4, 0.5) is 0 Å². The summed E-state index contributed by atoms with van der Waals surface area (Å²) in [7, 11) is 0. The summed E-state index contributed by atoms with van der Waals surface area (Å²) < 4.78 is 0. The van der Waals surface area contributed by atoms with Gasteiger partial charge < -0.3 is 15.3 Å². The van der Waals surface area contributed by atoms with Crippen molar-refractivity contribution in [3.8, 4) is 0 Å². The summed E-state index contributed by atoms with van der Waals surface area (Å²) in [5, 5.41) is 29.2. The second-order valence-electron chi connectivity index (χ2n) is 8.57. The Labute approximate surface area is 189 Å². The molecule has 1 unspecified atom stereocenters. The van der Waals surface area contributed by atoms with Crippen molar-refractivity contribution in [1.82, 2.24) is 0 Å². The quantitative estimate of drug-likeness (QED) is 0.393. The first-order valence-corrected chi connectivity index (χ1v) is 12.3. The summed E-state index contributed by atoms with van der Waals surface area (Å²) in [6.07, 6.45) is 8.35. The number of aromatic carboxylic acids is 1. The Balaban J connectivity index is 1.61. The minimum atomic E-state index is -0.855. The molecular formula is C26H34O4S. The predicted octanol–water partition coefficient (Wildman–Crippen LogP) is 5.72. The third-order valence-corrected chi connectivity index (χ3v) is 7.38. The molecule has 1 aromatic heterocycles. The van der Waals surface area contributed by atoms with Gasteiger partial charge in [-0.15, -0.1) is 11.3 Å². The molecule has 0 radical (unpaired) electrons. The second-order valence-corrected chi connectivity index (χ2v) is 9.74. The topological polar surface area (TPSA) is 77.8 Å². The minimum Gasteiger partial charge on any atom is -0.477 e. The fourth-order valence-corrected chi connectivity index (χ4v) is 5.48. The summed E-state index contributed by atoms with van der Waals surface area (Å²) in [5.41, 5.74) is 4.77. The van der Waals surface area contributed by atoms with E-state index >= 15 is 0 Å². The van der Waals surface area contributed by atoms with Crippen molar-refractivity contribution in [2.24, 2.45) is 5.92 Å². The molecule has 1 aromatic carbocycles. The first-order chi connectivity index (χ1) is 15.0. The van der Waals surface area contributed by atoms with Crippen molar-refractivity contribution in [1.29, 1.82) is 0 Å². The number of aliphatic hydroxyl groups excluding tert-OH is 2. The van der Waals surface area contributed by atoms with Gasteiger partial charge in [0.25, 0.3) is 0 Å². The summed E-state index contributed by atoms with van der Waals surface area (Å²) in [6, 6.07) is 12.1. The fourth-order valence-electron chi connectivity index (χ4n) is 4.59. The zero-order chi connectivity index (χ0) is 22.2. The van der Waals surface area contributed by atoms with Gasteiger partial charge in [-0.2, -0.15) is 0 Å². The molecule has 0 aliphatic heterocycles. The molecule has 2 atom stereocenters. The zero-order valence-electron chi connectivity index (χ0n) is 18.3. The van der Waals surface area contributed by atoms with Gasteiger partial charge >= 0.3 is 5.97 Å². The maximum absolute atomic E-state index is 11.1. The van der Waals surface area contributed by atoms with E-state index in [1.165, 1.54) is 22.5 Å². The van der Waals surface area contributed by atoms with E-state index in [2.05, 4.69) is 31.2 Å². The first kappa shape index (κ1) is 23.7. The van der Waals surface area contributed by atoms with Gasteiger partial charge in [0.15, 0.2) is 0 Å². The lowest BCUT2D eigenvalue weighted by Gasteiger charge is -2.17. The van der Waals surface area contributed by atoms with E-state index < -0.39 is 5.97 Å². The van der Waals surface area contributed by atoms with Gasteiger partial charge in [-0.05, 0) is 85.3 Å². The molecule has 0 saturated heterocycles. The zero-order valence-corrected chi connectivity index (χ0v) is 19.2. The average Bonchev–Trinajstić information content (AvgIpc) is 3.40. The monoisotopic (exact) mass is 442 g/mol. The van der Waals surface area contributed by atoms with Crippen molar-refractivity contribution < 1.29 is 20.1 Å². The van der Waals surface area contributed by atoms with Crippen LogP contribution in [0.25, 0.3) is 5.57 Å². The molecule has 0 amide bonds. The second kappa shape index (κ2) is 11.6. The Hall–Kier alpha value is -1.95. The van der Waals surface area contributed by atoms with Crippen LogP contribution in [0.3, 0.4) is 0 Å². The molecule has 0 saturated carbocycles. The van der Waals surface area contributed by atoms with Gasteiger partial charge in [0, 0.05) is 4.88 Å². The summed E-state index contributed by atoms with van der Waals surface area (Å²) >= 11 is 1.36. The Kier molecular flexibility index (Phi) is 8.88. The normalized spacial score (nSPS) is 17.3. The number of aliphatic hydroxyl groups is 2. The molecule has 2 aromatic rings. The number of aryl methyl sites for hydroxylation is 1. The van der Waals surface area contributed by atoms with Gasteiger partial charge in [0.05, 0.1) is 12.7 Å². The van der Waals surface area contributed by atoms with Crippen molar-refractivity contribution in [2.45, 2.75) is 70.8 Å². The van der Waals surface area contributed by atoms with Crippen LogP contribution in [0.1, 0.15) is 77.5 Å². The molecule has 1 aliphatic carbocycles. The van der Waals surface area contributed by atoms with Crippen molar-refractivity contribution in [3.05, 3.63) is 62.9 Å². The Morgan fingerprint density at radius 2 is 1.94 bits per heavy atom. The average molecular weight is 443 g/mol. The third kappa shape index (κ3) is 6.52. The number of hydrogen-bond acceptors (Lipinski definition) is 4. The molecule has 0 fully saturated rings. The minimum absolute atomic E-state index is 0.107. The number of carboxylic acid groups (broad SMARTS) is 1. The van der Waals surface area contributed by atoms with Crippen LogP contribution in [0, 0.1) is 5.92 Å². The lowest BCUT2D eigenvalue weighted by Crippen LogP contribution is -2.10. The van der Waals surface area contributed by atoms with E-state index in [1.54, 1.807) is 6.07 Å². The van der Waals surface area contributed by atoms with E-state index in [0.717, 1.165) is 67.4 Å². The highest BCUT2D eigenvalue weighted by Gasteiger charge is 2.26. The van der Waals surface area contributed by atoms with Crippen molar-refractivity contribution >= 4 is 22.9 Å². The summed E-state index contributed by atoms with van der Waals surface area (Å²) in [5.74, 6) is -0.423. The first-order valence-electron chi connectivity index (χ1n) is 11.4. The number of carbonyl (C=O) groups is 1. The summed E-state index contributed by atoms with van der Waals surface area (Å²) in [4.78, 5) is 12.6. The van der Waals surface area contributed by atoms with Crippen molar-refractivity contribution in [3.63, 3.8) is 0 Å². The molecule has 168 valence electrons. The standard InChI is InChI=1S/C26H34O4S/c1-2-3-6-22(28)16-18-8-10-20(11-9-18)25-19(12-13-21(25)17-27)5-4-7-23-14-15-24(31-23)26(29)30/h8-11,14-15,19,22,27-28H,2-7,12-13,16-17H2,1H3,(H,29,30)/t19-,22?/m0/s1. The van der Waals surface area contributed by atoms with Gasteiger partial charge in [-0.1, -0.05) is 44.0 Å². The number of benzene rings is 1. The molecule has 0 bridgehead atoms. The van der Waals surface area contributed by atoms with Gasteiger partial charge in [0.1, 0.15) is 4.88 Å². The van der Waals surface area contributed by atoms with E-state index in [0.29, 0.717) is 17.2 Å². The highest BCUT2D eigenvalue weighted by Crippen LogP contribution is 2.41. The van der Waals surface area contributed by atoms with E-state index in [9.17, 15) is 15.0 Å². The van der Waals surface area contributed by atoms with Crippen molar-refractivity contribution in [2.75, 3.05) is 6.61 Å². The summed E-state index contributed by atoms with van der Waals surface area (Å²) in [6.45, 7) is 2.25. The number of carboxylic acids is 1. The number of allylic oxidation sites excluding steroid dienone is 1. The van der Waals surface area contributed by atoms with Gasteiger partial charge in [-0.3, -0.25) is 0 Å². The van der Waals surface area contributed by atoms with Gasteiger partial charge in [-0.25, -0.2) is 4.79 Å². The fraction of sp³-hybridized carbons (Fsp3) is 0.500. The van der Waals surface area contributed by atoms with Crippen LogP contribution >= 0.6 is 11.3 Å². The molecule has 31 heavy (non-hydrogen) atoms. The maximum atomic E-state index is 11.1. The third-order valence-electron chi connectivity index (χ3n) is 6.25. The highest BCUT2D eigenvalue weighted by molar-refractivity contribution is 7.13. The number of hydrogen-bond donors (Lipinski definition) is 3. The van der Waals surface area contributed by atoms with Crippen LogP contribution < -0.4 is 0 Å². The lowest BCUT2D eigenvalue weighted by molar-refractivity contribution is 0.0702. The van der Waals surface area contributed by atoms with Crippen LogP contribution in [-0.2, 0) is 12.8 Å². The highest BCUT2D eigenvalue weighted by atomic mass is 32.1. The molecule has 5 heteroatoms.